The molecule has 5 amide bonds. The number of nitrogens with zero attached hydrogens (tertiary/aromatic N) is 11. The molecule has 3 aliphatic heterocycles. The SMILES string of the molecule is Cc1ncsc1-c1ccc(CNC(=O)[C@@H]2C[C@@H](O)CN2C(=O)[C@@H](NC(=O)COc2cnc(N3CC4(CCN(CC(=O)Nc5cn6cc(-c7cncc(N(C)C(=O)OC(C)C)c7)ncc6n5)CC4)C3)nc2)C(C)(C)C)cc1. The summed E-state index contributed by atoms with van der Waals surface area (Å²) in [5.41, 5.74) is 6.44. The highest BCUT2D eigenvalue weighted by atomic mass is 32.1. The summed E-state index contributed by atoms with van der Waals surface area (Å²) < 4.78 is 12.8. The van der Waals surface area contributed by atoms with E-state index < -0.39 is 48.1 Å². The van der Waals surface area contributed by atoms with E-state index in [2.05, 4.69) is 55.7 Å². The van der Waals surface area contributed by atoms with Crippen molar-refractivity contribution in [2.45, 2.75) is 91.6 Å². The molecule has 0 radical (unpaired) electrons. The average molecular weight is 1060 g/mol. The van der Waals surface area contributed by atoms with E-state index in [0.29, 0.717) is 34.4 Å². The molecule has 22 nitrogen and oxygen atoms in total. The van der Waals surface area contributed by atoms with Crippen molar-refractivity contribution < 1.29 is 38.6 Å². The minimum atomic E-state index is -1.01. The van der Waals surface area contributed by atoms with E-state index in [9.17, 15) is 29.1 Å². The number of piperidine rings is 1. The molecule has 0 aliphatic carbocycles. The molecule has 0 bridgehead atoms. The smallest absolute Gasteiger partial charge is 0.414 e. The Kier molecular flexibility index (Phi) is 15.6. The first kappa shape index (κ1) is 53.2. The van der Waals surface area contributed by atoms with Gasteiger partial charge in [-0.05, 0) is 69.3 Å². The second-order valence-corrected chi connectivity index (χ2v) is 22.1. The molecule has 3 saturated heterocycles. The van der Waals surface area contributed by atoms with Gasteiger partial charge in [-0.2, -0.15) is 0 Å². The standard InChI is InChI=1S/C53H64N14O8S/c1-32(2)75-51(73)63(7)37-16-36(19-54-20-37)40-25-65-26-42(60-43(65)23-55-40)61-44(69)27-64-14-12-53(13-15-64)29-66(30-53)50-57-21-39(22-58-50)74-28-45(70)62-47(52(4,5)6)49(72)67-24-38(68)17-41(67)48(71)56-18-34-8-10-35(11-9-34)46-33(3)59-31-76-46/h8-11,16,19-23,25-26,31-32,38,41,47,68H,12-15,17-18,24,27-30H2,1-7H3,(H,56,71)(H,61,69)(H,62,70)/t38-,41+,47-/m1/s1. The number of hydrogen-bond donors (Lipinski definition) is 4. The van der Waals surface area contributed by atoms with Gasteiger partial charge in [0, 0.05) is 63.0 Å². The number of imidazole rings is 1. The van der Waals surface area contributed by atoms with Gasteiger partial charge in [-0.3, -0.25) is 38.9 Å². The van der Waals surface area contributed by atoms with Crippen LogP contribution in [-0.4, -0.2) is 156 Å². The molecule has 1 spiro atoms. The Hall–Kier alpha value is -7.63. The first-order chi connectivity index (χ1) is 36.3. The zero-order valence-corrected chi connectivity index (χ0v) is 44.5. The number of thiazole rings is 1. The molecule has 8 heterocycles. The molecule has 76 heavy (non-hydrogen) atoms. The molecule has 0 unspecified atom stereocenters. The Morgan fingerprint density at radius 2 is 1.67 bits per heavy atom. The Balaban J connectivity index is 0.701. The number of fused-ring (bicyclic) bond motifs is 1. The first-order valence-corrected chi connectivity index (χ1v) is 26.2. The Bertz CT molecular complexity index is 3070. The lowest BCUT2D eigenvalue weighted by Gasteiger charge is -2.53. The number of carbonyl (C=O) groups is 5. The number of aryl methyl sites for hydroxylation is 1. The molecular formula is C53H64N14O8S. The number of likely N-dealkylation sites (tertiary alicyclic amines) is 2. The van der Waals surface area contributed by atoms with Crippen molar-refractivity contribution in [1.82, 2.24) is 54.7 Å². The molecule has 3 fully saturated rings. The van der Waals surface area contributed by atoms with Crippen LogP contribution in [0.25, 0.3) is 27.3 Å². The molecule has 23 heteroatoms. The van der Waals surface area contributed by atoms with Crippen LogP contribution in [0.3, 0.4) is 0 Å². The van der Waals surface area contributed by atoms with E-state index in [-0.39, 0.29) is 55.1 Å². The van der Waals surface area contributed by atoms with Crippen molar-refractivity contribution in [3.8, 4) is 27.4 Å². The fourth-order valence-electron chi connectivity index (χ4n) is 9.72. The summed E-state index contributed by atoms with van der Waals surface area (Å²) in [6.07, 6.45) is 11.7. The van der Waals surface area contributed by atoms with Crippen LogP contribution in [0, 0.1) is 17.8 Å². The normalized spacial score (nSPS) is 17.8. The first-order valence-electron chi connectivity index (χ1n) is 25.3. The number of amides is 5. The molecular weight excluding hydrogens is 993 g/mol. The van der Waals surface area contributed by atoms with E-state index in [1.165, 1.54) is 22.2 Å². The Morgan fingerprint density at radius 3 is 2.36 bits per heavy atom. The number of benzene rings is 1. The van der Waals surface area contributed by atoms with E-state index >= 15 is 0 Å². The molecule has 3 atom stereocenters. The molecule has 6 aromatic rings. The van der Waals surface area contributed by atoms with Crippen LogP contribution in [0.4, 0.5) is 22.2 Å². The van der Waals surface area contributed by atoms with Gasteiger partial charge in [0.25, 0.3) is 5.91 Å². The topological polar surface area (TPSA) is 255 Å². The Morgan fingerprint density at radius 1 is 0.934 bits per heavy atom. The lowest BCUT2D eigenvalue weighted by Crippen LogP contribution is -2.61. The number of pyridine rings is 1. The number of rotatable bonds is 16. The van der Waals surface area contributed by atoms with Crippen LogP contribution in [-0.2, 0) is 30.5 Å². The zero-order chi connectivity index (χ0) is 53.9. The van der Waals surface area contributed by atoms with E-state index in [1.807, 2.05) is 57.5 Å². The zero-order valence-electron chi connectivity index (χ0n) is 43.7. The maximum absolute atomic E-state index is 14.1. The van der Waals surface area contributed by atoms with Crippen molar-refractivity contribution in [3.05, 3.63) is 90.5 Å². The average Bonchev–Trinajstić information content (AvgIpc) is 4.14. The highest BCUT2D eigenvalue weighted by molar-refractivity contribution is 7.13. The minimum Gasteiger partial charge on any atom is -0.481 e. The van der Waals surface area contributed by atoms with Gasteiger partial charge in [-0.25, -0.2) is 24.7 Å². The fourth-order valence-corrected chi connectivity index (χ4v) is 10.5. The quantitative estimate of drug-likeness (QED) is 0.102. The second-order valence-electron chi connectivity index (χ2n) is 21.2. The third-order valence-corrected chi connectivity index (χ3v) is 14.9. The number of nitrogens with one attached hydrogen (secondary N) is 3. The molecule has 1 aromatic carbocycles. The number of hydrogen-bond acceptors (Lipinski definition) is 17. The van der Waals surface area contributed by atoms with Crippen molar-refractivity contribution in [3.63, 3.8) is 0 Å². The van der Waals surface area contributed by atoms with Gasteiger partial charge in [0.2, 0.25) is 23.7 Å². The summed E-state index contributed by atoms with van der Waals surface area (Å²) in [5, 5.41) is 19.3. The lowest BCUT2D eigenvalue weighted by atomic mass is 9.72. The van der Waals surface area contributed by atoms with Crippen molar-refractivity contribution in [2.24, 2.45) is 10.8 Å². The van der Waals surface area contributed by atoms with Crippen LogP contribution in [0.1, 0.15) is 65.1 Å². The van der Waals surface area contributed by atoms with Gasteiger partial charge in [-0.1, -0.05) is 45.0 Å². The number of aliphatic hydroxyl groups is 1. The summed E-state index contributed by atoms with van der Waals surface area (Å²) in [4.78, 5) is 101. The molecule has 3 aliphatic rings. The van der Waals surface area contributed by atoms with E-state index in [1.54, 1.807) is 73.7 Å². The van der Waals surface area contributed by atoms with Crippen molar-refractivity contribution in [2.75, 3.05) is 68.0 Å². The predicted molar refractivity (Wildman–Crippen MR) is 284 cm³/mol. The largest absolute Gasteiger partial charge is 0.481 e. The van der Waals surface area contributed by atoms with E-state index in [0.717, 1.165) is 60.7 Å². The van der Waals surface area contributed by atoms with E-state index in [4.69, 9.17) is 9.47 Å². The maximum atomic E-state index is 14.1. The maximum Gasteiger partial charge on any atom is 0.414 e. The molecule has 400 valence electrons. The van der Waals surface area contributed by atoms with Crippen LogP contribution >= 0.6 is 11.3 Å². The number of β-amino-alcohol motifs (C(OH)–C–C–N with tert-alkyl or cyclic N) is 1. The number of anilines is 3. The predicted octanol–water partition coefficient (Wildman–Crippen LogP) is 4.72. The highest BCUT2D eigenvalue weighted by Crippen LogP contribution is 2.42. The van der Waals surface area contributed by atoms with Gasteiger partial charge in [-0.15, -0.1) is 11.3 Å². The van der Waals surface area contributed by atoms with Crippen LogP contribution < -0.4 is 30.5 Å². The Labute approximate surface area is 444 Å². The fraction of sp³-hybridized carbons (Fsp3) is 0.453. The number of aromatic nitrogens is 7. The number of ether oxygens (including phenoxy) is 2. The van der Waals surface area contributed by atoms with Gasteiger partial charge in [0.05, 0.1) is 77.2 Å². The summed E-state index contributed by atoms with van der Waals surface area (Å²) in [5.74, 6) is -0.323. The molecule has 0 saturated carbocycles. The molecule has 5 aromatic heterocycles. The number of carbonyl (C=O) groups excluding carboxylic acids is 5. The van der Waals surface area contributed by atoms with Crippen molar-refractivity contribution in [1.29, 1.82) is 0 Å². The summed E-state index contributed by atoms with van der Waals surface area (Å²) in [7, 11) is 1.62. The van der Waals surface area contributed by atoms with Gasteiger partial charge >= 0.3 is 6.09 Å². The summed E-state index contributed by atoms with van der Waals surface area (Å²) in [6.45, 7) is 14.1. The summed E-state index contributed by atoms with van der Waals surface area (Å²) >= 11 is 1.57. The van der Waals surface area contributed by atoms with Gasteiger partial charge in [0.1, 0.15) is 12.1 Å². The second kappa shape index (κ2) is 22.3. The van der Waals surface area contributed by atoms with Crippen LogP contribution in [0.15, 0.2) is 79.2 Å². The lowest BCUT2D eigenvalue weighted by molar-refractivity contribution is -0.144. The van der Waals surface area contributed by atoms with Gasteiger partial charge < -0.3 is 44.7 Å². The monoisotopic (exact) mass is 1060 g/mol. The van der Waals surface area contributed by atoms with Crippen molar-refractivity contribution >= 4 is 64.2 Å². The third-order valence-electron chi connectivity index (χ3n) is 13.9. The molecule has 9 rings (SSSR count). The van der Waals surface area contributed by atoms with Crippen LogP contribution in [0.5, 0.6) is 5.75 Å². The third kappa shape index (κ3) is 12.4. The number of aliphatic hydroxyl groups excluding tert-OH is 1. The molecule has 4 N–H and O–H groups in total. The summed E-state index contributed by atoms with van der Waals surface area (Å²) in [6, 6.07) is 7.72. The minimum absolute atomic E-state index is 0.0388. The highest BCUT2D eigenvalue weighted by Gasteiger charge is 2.47. The van der Waals surface area contributed by atoms with Gasteiger partial charge in [0.15, 0.2) is 23.8 Å². The van der Waals surface area contributed by atoms with Crippen LogP contribution in [0.2, 0.25) is 0 Å².